The smallest absolute Gasteiger partial charge is 0.309 e. The van der Waals surface area contributed by atoms with Gasteiger partial charge in [-0.25, -0.2) is 0 Å². The molecule has 0 heterocycles. The van der Waals surface area contributed by atoms with Crippen molar-refractivity contribution in [1.29, 1.82) is 0 Å². The zero-order valence-corrected chi connectivity index (χ0v) is 14.0. The van der Waals surface area contributed by atoms with Crippen LogP contribution in [0.2, 0.25) is 0 Å². The van der Waals surface area contributed by atoms with E-state index in [1.165, 1.54) is 13.8 Å². The minimum absolute atomic E-state index is 0.126. The lowest BCUT2D eigenvalue weighted by atomic mass is 9.89. The number of hydrogen-bond acceptors (Lipinski definition) is 3. The van der Waals surface area contributed by atoms with E-state index < -0.39 is 11.4 Å². The Bertz CT molecular complexity index is 577. The highest BCUT2D eigenvalue weighted by Gasteiger charge is 2.30. The van der Waals surface area contributed by atoms with E-state index in [0.717, 1.165) is 0 Å². The standard InChI is InChI=1S/C17H24N2O4/c1-11(2)10-18-15(21)12-5-7-13(8-6-12)19-14(20)9-17(3,4)16(22)23/h5-8,11H,9-10H2,1-4H3,(H,18,21)(H,19,20)(H,22,23). The molecule has 126 valence electrons. The van der Waals surface area contributed by atoms with E-state index in [1.807, 2.05) is 13.8 Å². The van der Waals surface area contributed by atoms with Crippen molar-refractivity contribution < 1.29 is 19.5 Å². The summed E-state index contributed by atoms with van der Waals surface area (Å²) < 4.78 is 0. The number of hydrogen-bond donors (Lipinski definition) is 3. The zero-order chi connectivity index (χ0) is 17.6. The van der Waals surface area contributed by atoms with E-state index in [2.05, 4.69) is 10.6 Å². The SMILES string of the molecule is CC(C)CNC(=O)c1ccc(NC(=O)CC(C)(C)C(=O)O)cc1. The van der Waals surface area contributed by atoms with Crippen LogP contribution in [0.1, 0.15) is 44.5 Å². The molecular formula is C17H24N2O4. The number of aliphatic carboxylic acids is 1. The lowest BCUT2D eigenvalue weighted by Crippen LogP contribution is -2.29. The molecule has 2 amide bonds. The Labute approximate surface area is 136 Å². The number of carboxylic acid groups (broad SMARTS) is 1. The van der Waals surface area contributed by atoms with E-state index in [-0.39, 0.29) is 18.2 Å². The molecule has 0 aliphatic carbocycles. The van der Waals surface area contributed by atoms with Crippen LogP contribution in [0, 0.1) is 11.3 Å². The van der Waals surface area contributed by atoms with Crippen LogP contribution in [0.15, 0.2) is 24.3 Å². The van der Waals surface area contributed by atoms with Crippen LogP contribution in [0.3, 0.4) is 0 Å². The van der Waals surface area contributed by atoms with E-state index in [0.29, 0.717) is 23.7 Å². The van der Waals surface area contributed by atoms with Crippen LogP contribution < -0.4 is 10.6 Å². The van der Waals surface area contributed by atoms with Crippen molar-refractivity contribution in [1.82, 2.24) is 5.32 Å². The topological polar surface area (TPSA) is 95.5 Å². The third-order valence-electron chi connectivity index (χ3n) is 3.28. The molecule has 1 aromatic carbocycles. The van der Waals surface area contributed by atoms with Crippen LogP contribution in [-0.2, 0) is 9.59 Å². The van der Waals surface area contributed by atoms with Gasteiger partial charge in [0.2, 0.25) is 5.91 Å². The predicted octanol–water partition coefficient (Wildman–Crippen LogP) is 2.51. The Morgan fingerprint density at radius 1 is 1.13 bits per heavy atom. The third kappa shape index (κ3) is 6.10. The molecule has 0 aliphatic rings. The van der Waals surface area contributed by atoms with Crippen molar-refractivity contribution in [2.75, 3.05) is 11.9 Å². The van der Waals surface area contributed by atoms with Gasteiger partial charge < -0.3 is 15.7 Å². The first kappa shape index (κ1) is 18.7. The van der Waals surface area contributed by atoms with Crippen LogP contribution in [-0.4, -0.2) is 29.4 Å². The minimum Gasteiger partial charge on any atom is -0.481 e. The number of carbonyl (C=O) groups excluding carboxylic acids is 2. The molecule has 6 heteroatoms. The summed E-state index contributed by atoms with van der Waals surface area (Å²) in [5, 5.41) is 14.5. The maximum atomic E-state index is 11.9. The van der Waals surface area contributed by atoms with Crippen LogP contribution in [0.25, 0.3) is 0 Å². The van der Waals surface area contributed by atoms with Crippen molar-refractivity contribution >= 4 is 23.5 Å². The van der Waals surface area contributed by atoms with Crippen molar-refractivity contribution in [2.24, 2.45) is 11.3 Å². The highest BCUT2D eigenvalue weighted by atomic mass is 16.4. The summed E-state index contributed by atoms with van der Waals surface area (Å²) >= 11 is 0. The average molecular weight is 320 g/mol. The van der Waals surface area contributed by atoms with E-state index in [1.54, 1.807) is 24.3 Å². The molecule has 23 heavy (non-hydrogen) atoms. The van der Waals surface area contributed by atoms with Gasteiger partial charge in [0.15, 0.2) is 0 Å². The first-order chi connectivity index (χ1) is 10.6. The molecule has 0 spiro atoms. The molecule has 1 rings (SSSR count). The van der Waals surface area contributed by atoms with Crippen molar-refractivity contribution in [3.8, 4) is 0 Å². The van der Waals surface area contributed by atoms with Crippen molar-refractivity contribution in [3.63, 3.8) is 0 Å². The predicted molar refractivity (Wildman–Crippen MR) is 88.3 cm³/mol. The van der Waals surface area contributed by atoms with Gasteiger partial charge in [-0.15, -0.1) is 0 Å². The molecule has 0 aliphatic heterocycles. The molecule has 0 saturated carbocycles. The number of nitrogens with one attached hydrogen (secondary N) is 2. The lowest BCUT2D eigenvalue weighted by Gasteiger charge is -2.18. The number of benzene rings is 1. The Hall–Kier alpha value is -2.37. The highest BCUT2D eigenvalue weighted by molar-refractivity contribution is 5.96. The minimum atomic E-state index is -1.12. The number of anilines is 1. The maximum absolute atomic E-state index is 11.9. The van der Waals surface area contributed by atoms with Gasteiger partial charge in [-0.05, 0) is 44.0 Å². The van der Waals surface area contributed by atoms with Gasteiger partial charge in [0.1, 0.15) is 0 Å². The van der Waals surface area contributed by atoms with Crippen LogP contribution in [0.4, 0.5) is 5.69 Å². The molecule has 0 radical (unpaired) electrons. The summed E-state index contributed by atoms with van der Waals surface area (Å²) in [5.41, 5.74) is -0.0908. The van der Waals surface area contributed by atoms with Crippen molar-refractivity contribution in [2.45, 2.75) is 34.1 Å². The summed E-state index contributed by atoms with van der Waals surface area (Å²) in [7, 11) is 0. The summed E-state index contributed by atoms with van der Waals surface area (Å²) in [5.74, 6) is -1.20. The second kappa shape index (κ2) is 7.76. The lowest BCUT2D eigenvalue weighted by molar-refractivity contribution is -0.148. The third-order valence-corrected chi connectivity index (χ3v) is 3.28. The molecule has 0 saturated heterocycles. The normalized spacial score (nSPS) is 11.2. The van der Waals surface area contributed by atoms with Gasteiger partial charge >= 0.3 is 5.97 Å². The molecule has 0 atom stereocenters. The molecule has 0 bridgehead atoms. The van der Waals surface area contributed by atoms with Gasteiger partial charge in [-0.2, -0.15) is 0 Å². The molecule has 6 nitrogen and oxygen atoms in total. The van der Waals surface area contributed by atoms with Gasteiger partial charge in [-0.3, -0.25) is 14.4 Å². The van der Waals surface area contributed by atoms with E-state index >= 15 is 0 Å². The largest absolute Gasteiger partial charge is 0.481 e. The number of amides is 2. The maximum Gasteiger partial charge on any atom is 0.309 e. The van der Waals surface area contributed by atoms with Crippen molar-refractivity contribution in [3.05, 3.63) is 29.8 Å². The summed E-state index contributed by atoms with van der Waals surface area (Å²) in [6.07, 6.45) is -0.126. The zero-order valence-electron chi connectivity index (χ0n) is 14.0. The fourth-order valence-electron chi connectivity index (χ4n) is 1.79. The molecule has 1 aromatic rings. The first-order valence-electron chi connectivity index (χ1n) is 7.53. The Balaban J connectivity index is 2.62. The van der Waals surface area contributed by atoms with Crippen LogP contribution in [0.5, 0.6) is 0 Å². The summed E-state index contributed by atoms with van der Waals surface area (Å²) in [4.78, 5) is 34.8. The van der Waals surface area contributed by atoms with Crippen LogP contribution >= 0.6 is 0 Å². The van der Waals surface area contributed by atoms with E-state index in [4.69, 9.17) is 5.11 Å². The Morgan fingerprint density at radius 2 is 1.70 bits per heavy atom. The second-order valence-electron chi connectivity index (χ2n) is 6.60. The molecule has 0 fully saturated rings. The van der Waals surface area contributed by atoms with Gasteiger partial charge in [0.25, 0.3) is 5.91 Å². The molecule has 0 unspecified atom stereocenters. The molecular weight excluding hydrogens is 296 g/mol. The molecule has 3 N–H and O–H groups in total. The quantitative estimate of drug-likeness (QED) is 0.719. The van der Waals surface area contributed by atoms with Gasteiger partial charge in [-0.1, -0.05) is 13.8 Å². The van der Waals surface area contributed by atoms with E-state index in [9.17, 15) is 14.4 Å². The first-order valence-corrected chi connectivity index (χ1v) is 7.53. The highest BCUT2D eigenvalue weighted by Crippen LogP contribution is 2.21. The average Bonchev–Trinajstić information content (AvgIpc) is 2.44. The summed E-state index contributed by atoms with van der Waals surface area (Å²) in [6.45, 7) is 7.62. The number of carboxylic acids is 1. The monoisotopic (exact) mass is 320 g/mol. The second-order valence-corrected chi connectivity index (χ2v) is 6.60. The Morgan fingerprint density at radius 3 is 2.17 bits per heavy atom. The fourth-order valence-corrected chi connectivity index (χ4v) is 1.79. The number of rotatable bonds is 7. The summed E-state index contributed by atoms with van der Waals surface area (Å²) in [6, 6.07) is 6.48. The fraction of sp³-hybridized carbons (Fsp3) is 0.471. The van der Waals surface area contributed by atoms with Gasteiger partial charge in [0.05, 0.1) is 5.41 Å². The van der Waals surface area contributed by atoms with Gasteiger partial charge in [0, 0.05) is 24.2 Å². The Kier molecular flexibility index (Phi) is 6.30. The molecule has 0 aromatic heterocycles. The number of carbonyl (C=O) groups is 3.